The molecule has 2 aromatic carbocycles. The number of hydrogen-bond donors (Lipinski definition) is 2. The number of nitrogens with zero attached hydrogens (tertiary/aromatic N) is 3. The van der Waals surface area contributed by atoms with E-state index >= 15 is 0 Å². The zero-order valence-corrected chi connectivity index (χ0v) is 19.0. The molecule has 4 rings (SSSR count). The summed E-state index contributed by atoms with van der Waals surface area (Å²) in [5.41, 5.74) is 1.24. The maximum atomic E-state index is 12.8. The molecule has 1 aliphatic heterocycles. The average molecular weight is 497 g/mol. The fraction of sp³-hybridized carbons (Fsp3) is 0.200. The van der Waals surface area contributed by atoms with E-state index in [1.807, 2.05) is 12.1 Å². The van der Waals surface area contributed by atoms with Gasteiger partial charge in [-0.2, -0.15) is 0 Å². The van der Waals surface area contributed by atoms with Crippen LogP contribution < -0.4 is 10.6 Å². The standard InChI is InChI=1S/C20H16Cl3N5O2S/c21-12-8-6-11(7-9-12)18-26-27-19(31-18)25-17(29)15-5-2-10-28(15)20(30)24-14-4-1-3-13(22)16(14)23/h1,3-4,6-9,15H,2,5,10H2,(H,24,30)(H,25,27,29)/t15-/m0/s1. The van der Waals surface area contributed by atoms with Crippen LogP contribution in [0.4, 0.5) is 15.6 Å². The molecule has 11 heteroatoms. The van der Waals surface area contributed by atoms with Crippen LogP contribution in [0, 0.1) is 0 Å². The Morgan fingerprint density at radius 1 is 1.03 bits per heavy atom. The molecule has 1 aliphatic rings. The van der Waals surface area contributed by atoms with Crippen molar-refractivity contribution in [1.29, 1.82) is 0 Å². The lowest BCUT2D eigenvalue weighted by molar-refractivity contribution is -0.119. The maximum absolute atomic E-state index is 12.8. The molecule has 1 atom stereocenters. The van der Waals surface area contributed by atoms with Gasteiger partial charge >= 0.3 is 6.03 Å². The van der Waals surface area contributed by atoms with Gasteiger partial charge in [0.2, 0.25) is 11.0 Å². The van der Waals surface area contributed by atoms with Gasteiger partial charge in [-0.05, 0) is 37.1 Å². The molecule has 31 heavy (non-hydrogen) atoms. The van der Waals surface area contributed by atoms with E-state index in [-0.39, 0.29) is 10.9 Å². The van der Waals surface area contributed by atoms with E-state index in [1.165, 1.54) is 16.2 Å². The third-order valence-corrected chi connectivity index (χ3v) is 6.71. The summed E-state index contributed by atoms with van der Waals surface area (Å²) < 4.78 is 0. The number of aromatic nitrogens is 2. The molecule has 1 saturated heterocycles. The number of hydrogen-bond acceptors (Lipinski definition) is 5. The Bertz CT molecular complexity index is 1120. The molecule has 1 aromatic heterocycles. The Hall–Kier alpha value is -2.39. The fourth-order valence-corrected chi connectivity index (χ4v) is 4.47. The fourth-order valence-electron chi connectivity index (χ4n) is 3.24. The Morgan fingerprint density at radius 2 is 1.81 bits per heavy atom. The van der Waals surface area contributed by atoms with Crippen LogP contribution in [0.25, 0.3) is 10.6 Å². The number of likely N-dealkylation sites (tertiary alicyclic amines) is 1. The van der Waals surface area contributed by atoms with E-state index in [9.17, 15) is 9.59 Å². The van der Waals surface area contributed by atoms with Crippen molar-refractivity contribution in [2.75, 3.05) is 17.2 Å². The Kier molecular flexibility index (Phi) is 6.62. The Balaban J connectivity index is 1.43. The van der Waals surface area contributed by atoms with Crippen molar-refractivity contribution >= 4 is 68.9 Å². The Morgan fingerprint density at radius 3 is 2.58 bits per heavy atom. The van der Waals surface area contributed by atoms with Gasteiger partial charge < -0.3 is 10.2 Å². The second-order valence-corrected chi connectivity index (χ2v) is 8.99. The number of carbonyl (C=O) groups excluding carboxylic acids is 2. The van der Waals surface area contributed by atoms with Gasteiger partial charge in [0.15, 0.2) is 0 Å². The largest absolute Gasteiger partial charge is 0.322 e. The van der Waals surface area contributed by atoms with E-state index < -0.39 is 12.1 Å². The van der Waals surface area contributed by atoms with E-state index in [0.29, 0.717) is 45.3 Å². The summed E-state index contributed by atoms with van der Waals surface area (Å²) >= 11 is 19.3. The van der Waals surface area contributed by atoms with Crippen LogP contribution in [0.5, 0.6) is 0 Å². The van der Waals surface area contributed by atoms with Crippen LogP contribution in [0.15, 0.2) is 42.5 Å². The number of halogens is 3. The van der Waals surface area contributed by atoms with E-state index in [1.54, 1.807) is 30.3 Å². The summed E-state index contributed by atoms with van der Waals surface area (Å²) in [6.45, 7) is 0.453. The summed E-state index contributed by atoms with van der Waals surface area (Å²) in [5.74, 6) is -0.316. The van der Waals surface area contributed by atoms with Gasteiger partial charge in [-0.25, -0.2) is 4.79 Å². The minimum atomic E-state index is -0.624. The zero-order valence-electron chi connectivity index (χ0n) is 15.9. The van der Waals surface area contributed by atoms with Crippen molar-refractivity contribution in [3.8, 4) is 10.6 Å². The van der Waals surface area contributed by atoms with E-state index in [2.05, 4.69) is 20.8 Å². The number of amides is 3. The number of carbonyl (C=O) groups is 2. The van der Waals surface area contributed by atoms with E-state index in [0.717, 1.165) is 5.56 Å². The molecular weight excluding hydrogens is 481 g/mol. The molecule has 0 bridgehead atoms. The highest BCUT2D eigenvalue weighted by Gasteiger charge is 2.35. The molecule has 0 aliphatic carbocycles. The lowest BCUT2D eigenvalue weighted by Crippen LogP contribution is -2.45. The van der Waals surface area contributed by atoms with Crippen LogP contribution >= 0.6 is 46.1 Å². The SMILES string of the molecule is O=C(Nc1nnc(-c2ccc(Cl)cc2)s1)[C@@H]1CCCN1C(=O)Nc1cccc(Cl)c1Cl. The van der Waals surface area contributed by atoms with Gasteiger partial charge in [0.1, 0.15) is 11.0 Å². The summed E-state index contributed by atoms with van der Waals surface area (Å²) in [5, 5.41) is 15.9. The molecule has 2 N–H and O–H groups in total. The third-order valence-electron chi connectivity index (χ3n) is 4.76. The van der Waals surface area contributed by atoms with Crippen LogP contribution in [0.3, 0.4) is 0 Å². The normalized spacial score (nSPS) is 15.7. The smallest absolute Gasteiger partial charge is 0.312 e. The van der Waals surface area contributed by atoms with Crippen LogP contribution in [-0.4, -0.2) is 39.6 Å². The summed E-state index contributed by atoms with van der Waals surface area (Å²) in [6, 6.07) is 11.1. The molecule has 7 nitrogen and oxygen atoms in total. The van der Waals surface area contributed by atoms with Crippen molar-refractivity contribution in [2.24, 2.45) is 0 Å². The highest BCUT2D eigenvalue weighted by atomic mass is 35.5. The quantitative estimate of drug-likeness (QED) is 0.478. The Labute approximate surface area is 197 Å². The molecule has 0 saturated carbocycles. The summed E-state index contributed by atoms with van der Waals surface area (Å²) in [6.07, 6.45) is 1.26. The third kappa shape index (κ3) is 4.93. The first-order chi connectivity index (χ1) is 14.9. The maximum Gasteiger partial charge on any atom is 0.322 e. The average Bonchev–Trinajstić information content (AvgIpc) is 3.42. The van der Waals surface area contributed by atoms with Gasteiger partial charge in [0.25, 0.3) is 0 Å². The summed E-state index contributed by atoms with van der Waals surface area (Å²) in [4.78, 5) is 27.1. The minimum absolute atomic E-state index is 0.251. The van der Waals surface area contributed by atoms with Crippen molar-refractivity contribution in [2.45, 2.75) is 18.9 Å². The van der Waals surface area contributed by atoms with Crippen molar-refractivity contribution in [3.05, 3.63) is 57.5 Å². The topological polar surface area (TPSA) is 87.2 Å². The zero-order chi connectivity index (χ0) is 22.0. The highest BCUT2D eigenvalue weighted by molar-refractivity contribution is 7.18. The molecule has 0 spiro atoms. The second-order valence-electron chi connectivity index (χ2n) is 6.79. The first-order valence-corrected chi connectivity index (χ1v) is 11.3. The monoisotopic (exact) mass is 495 g/mol. The van der Waals surface area contributed by atoms with Crippen molar-refractivity contribution in [3.63, 3.8) is 0 Å². The molecule has 1 fully saturated rings. The number of rotatable bonds is 4. The lowest BCUT2D eigenvalue weighted by atomic mass is 10.2. The second kappa shape index (κ2) is 9.40. The van der Waals surface area contributed by atoms with Crippen molar-refractivity contribution in [1.82, 2.24) is 15.1 Å². The minimum Gasteiger partial charge on any atom is -0.312 e. The first kappa shape index (κ1) is 21.8. The predicted octanol–water partition coefficient (Wildman–Crippen LogP) is 5.80. The molecule has 160 valence electrons. The molecule has 0 unspecified atom stereocenters. The molecule has 3 amide bonds. The number of urea groups is 1. The van der Waals surface area contributed by atoms with E-state index in [4.69, 9.17) is 34.8 Å². The molecular formula is C20H16Cl3N5O2S. The van der Waals surface area contributed by atoms with Crippen LogP contribution in [0.1, 0.15) is 12.8 Å². The molecule has 0 radical (unpaired) electrons. The molecule has 3 aromatic rings. The van der Waals surface area contributed by atoms with Gasteiger partial charge in [0, 0.05) is 17.1 Å². The van der Waals surface area contributed by atoms with Crippen molar-refractivity contribution < 1.29 is 9.59 Å². The lowest BCUT2D eigenvalue weighted by Gasteiger charge is -2.24. The molecule has 2 heterocycles. The highest BCUT2D eigenvalue weighted by Crippen LogP contribution is 2.31. The van der Waals surface area contributed by atoms with Gasteiger partial charge in [-0.3, -0.25) is 10.1 Å². The first-order valence-electron chi connectivity index (χ1n) is 9.34. The summed E-state index contributed by atoms with van der Waals surface area (Å²) in [7, 11) is 0. The van der Waals surface area contributed by atoms with Gasteiger partial charge in [0.05, 0.1) is 15.7 Å². The van der Waals surface area contributed by atoms with Gasteiger partial charge in [-0.1, -0.05) is 64.3 Å². The predicted molar refractivity (Wildman–Crippen MR) is 124 cm³/mol. The van der Waals surface area contributed by atoms with Crippen LogP contribution in [0.2, 0.25) is 15.1 Å². The van der Waals surface area contributed by atoms with Gasteiger partial charge in [-0.15, -0.1) is 10.2 Å². The van der Waals surface area contributed by atoms with Crippen LogP contribution in [-0.2, 0) is 4.79 Å². The number of benzene rings is 2. The number of anilines is 2. The number of nitrogens with one attached hydrogen (secondary N) is 2.